The number of aromatic nitrogens is 3. The van der Waals surface area contributed by atoms with Crippen LogP contribution in [0.5, 0.6) is 0 Å². The molecule has 0 aliphatic rings. The van der Waals surface area contributed by atoms with Gasteiger partial charge in [0.25, 0.3) is 0 Å². The quantitative estimate of drug-likeness (QED) is 0.801. The SMILES string of the molecule is CNCc1nc(-c2nccn2C)sc1-c1ccccc1. The van der Waals surface area contributed by atoms with Gasteiger partial charge in [-0.3, -0.25) is 0 Å². The second-order valence-electron chi connectivity index (χ2n) is 4.55. The van der Waals surface area contributed by atoms with Crippen LogP contribution in [0.15, 0.2) is 42.7 Å². The lowest BCUT2D eigenvalue weighted by Gasteiger charge is -2.00. The Bertz CT molecular complexity index is 700. The normalized spacial score (nSPS) is 10.9. The highest BCUT2D eigenvalue weighted by Crippen LogP contribution is 2.34. The molecule has 0 radical (unpaired) electrons. The lowest BCUT2D eigenvalue weighted by molar-refractivity contribution is 0.798. The number of nitrogens with zero attached hydrogens (tertiary/aromatic N) is 3. The first-order chi connectivity index (χ1) is 9.79. The van der Waals surface area contributed by atoms with E-state index in [2.05, 4.69) is 34.6 Å². The summed E-state index contributed by atoms with van der Waals surface area (Å²) in [6, 6.07) is 10.4. The van der Waals surface area contributed by atoms with Crippen LogP contribution in [-0.4, -0.2) is 21.6 Å². The van der Waals surface area contributed by atoms with Crippen molar-refractivity contribution in [3.8, 4) is 21.3 Å². The van der Waals surface area contributed by atoms with E-state index in [4.69, 9.17) is 4.98 Å². The van der Waals surface area contributed by atoms with Crippen LogP contribution in [0.2, 0.25) is 0 Å². The van der Waals surface area contributed by atoms with Gasteiger partial charge in [-0.25, -0.2) is 9.97 Å². The number of aryl methyl sites for hydroxylation is 1. The minimum Gasteiger partial charge on any atom is -0.332 e. The summed E-state index contributed by atoms with van der Waals surface area (Å²) in [6.45, 7) is 0.755. The second kappa shape index (κ2) is 5.56. The van der Waals surface area contributed by atoms with E-state index in [1.165, 1.54) is 10.4 Å². The van der Waals surface area contributed by atoms with Crippen LogP contribution in [-0.2, 0) is 13.6 Å². The van der Waals surface area contributed by atoms with Crippen molar-refractivity contribution >= 4 is 11.3 Å². The summed E-state index contributed by atoms with van der Waals surface area (Å²) in [5.41, 5.74) is 2.28. The fourth-order valence-electron chi connectivity index (χ4n) is 2.12. The van der Waals surface area contributed by atoms with Crippen LogP contribution in [0.3, 0.4) is 0 Å². The Morgan fingerprint density at radius 2 is 2.05 bits per heavy atom. The van der Waals surface area contributed by atoms with Crippen LogP contribution in [0, 0.1) is 0 Å². The van der Waals surface area contributed by atoms with Gasteiger partial charge in [-0.05, 0) is 12.6 Å². The maximum atomic E-state index is 4.75. The van der Waals surface area contributed by atoms with Crippen LogP contribution in [0.1, 0.15) is 5.69 Å². The lowest BCUT2D eigenvalue weighted by atomic mass is 10.1. The van der Waals surface area contributed by atoms with Crippen LogP contribution < -0.4 is 5.32 Å². The average molecular weight is 284 g/mol. The Morgan fingerprint density at radius 1 is 1.25 bits per heavy atom. The summed E-state index contributed by atoms with van der Waals surface area (Å²) >= 11 is 1.69. The molecule has 2 aromatic heterocycles. The molecular weight excluding hydrogens is 268 g/mol. The predicted octanol–water partition coefficient (Wildman–Crippen LogP) is 2.93. The minimum atomic E-state index is 0.755. The van der Waals surface area contributed by atoms with E-state index < -0.39 is 0 Å². The van der Waals surface area contributed by atoms with Gasteiger partial charge in [-0.2, -0.15) is 0 Å². The molecule has 0 spiro atoms. The van der Waals surface area contributed by atoms with Crippen molar-refractivity contribution in [2.24, 2.45) is 7.05 Å². The summed E-state index contributed by atoms with van der Waals surface area (Å²) < 4.78 is 2.00. The zero-order valence-electron chi connectivity index (χ0n) is 11.5. The molecule has 0 aliphatic heterocycles. The topological polar surface area (TPSA) is 42.7 Å². The van der Waals surface area contributed by atoms with Crippen LogP contribution in [0.4, 0.5) is 0 Å². The summed E-state index contributed by atoms with van der Waals surface area (Å²) in [4.78, 5) is 10.3. The van der Waals surface area contributed by atoms with Crippen molar-refractivity contribution in [2.75, 3.05) is 7.05 Å². The Balaban J connectivity index is 2.10. The largest absolute Gasteiger partial charge is 0.332 e. The predicted molar refractivity (Wildman–Crippen MR) is 82.5 cm³/mol. The molecule has 0 saturated heterocycles. The van der Waals surface area contributed by atoms with Crippen molar-refractivity contribution in [3.05, 3.63) is 48.4 Å². The first-order valence-electron chi connectivity index (χ1n) is 6.47. The van der Waals surface area contributed by atoms with E-state index >= 15 is 0 Å². The molecule has 5 heteroatoms. The molecule has 1 N–H and O–H groups in total. The highest BCUT2D eigenvalue weighted by Gasteiger charge is 2.15. The van der Waals surface area contributed by atoms with Gasteiger partial charge < -0.3 is 9.88 Å². The average Bonchev–Trinajstić information content (AvgIpc) is 3.06. The van der Waals surface area contributed by atoms with E-state index in [0.717, 1.165) is 23.1 Å². The van der Waals surface area contributed by atoms with Gasteiger partial charge in [0, 0.05) is 26.0 Å². The molecule has 4 nitrogen and oxygen atoms in total. The van der Waals surface area contributed by atoms with Gasteiger partial charge in [0.2, 0.25) is 0 Å². The van der Waals surface area contributed by atoms with E-state index in [1.807, 2.05) is 30.9 Å². The number of hydrogen-bond acceptors (Lipinski definition) is 4. The summed E-state index contributed by atoms with van der Waals surface area (Å²) in [6.07, 6.45) is 3.74. The van der Waals surface area contributed by atoms with E-state index in [0.29, 0.717) is 0 Å². The van der Waals surface area contributed by atoms with Gasteiger partial charge in [-0.15, -0.1) is 11.3 Å². The number of benzene rings is 1. The van der Waals surface area contributed by atoms with Crippen molar-refractivity contribution in [1.29, 1.82) is 0 Å². The van der Waals surface area contributed by atoms with Gasteiger partial charge in [-0.1, -0.05) is 30.3 Å². The summed E-state index contributed by atoms with van der Waals surface area (Å²) in [5.74, 6) is 0.912. The van der Waals surface area contributed by atoms with Crippen molar-refractivity contribution in [2.45, 2.75) is 6.54 Å². The van der Waals surface area contributed by atoms with E-state index in [1.54, 1.807) is 17.5 Å². The molecule has 0 aliphatic carbocycles. The Kier molecular flexibility index (Phi) is 3.62. The van der Waals surface area contributed by atoms with Gasteiger partial charge in [0.1, 0.15) is 0 Å². The zero-order valence-corrected chi connectivity index (χ0v) is 12.3. The van der Waals surface area contributed by atoms with E-state index in [9.17, 15) is 0 Å². The summed E-state index contributed by atoms with van der Waals surface area (Å²) in [7, 11) is 3.93. The standard InChI is InChI=1S/C15H16N4S/c1-16-10-12-13(11-6-4-3-5-7-11)20-15(18-12)14-17-8-9-19(14)2/h3-9,16H,10H2,1-2H3. The Labute approximate surface area is 122 Å². The maximum absolute atomic E-state index is 4.75. The van der Waals surface area contributed by atoms with Crippen molar-refractivity contribution in [3.63, 3.8) is 0 Å². The van der Waals surface area contributed by atoms with Gasteiger partial charge >= 0.3 is 0 Å². The maximum Gasteiger partial charge on any atom is 0.168 e. The molecule has 20 heavy (non-hydrogen) atoms. The van der Waals surface area contributed by atoms with Crippen molar-refractivity contribution < 1.29 is 0 Å². The summed E-state index contributed by atoms with van der Waals surface area (Å²) in [5, 5.41) is 4.14. The third kappa shape index (κ3) is 2.37. The molecule has 102 valence electrons. The minimum absolute atomic E-state index is 0.755. The zero-order chi connectivity index (χ0) is 13.9. The van der Waals surface area contributed by atoms with Crippen LogP contribution >= 0.6 is 11.3 Å². The van der Waals surface area contributed by atoms with Crippen LogP contribution in [0.25, 0.3) is 21.3 Å². The smallest absolute Gasteiger partial charge is 0.168 e. The molecule has 0 saturated carbocycles. The number of imidazole rings is 1. The van der Waals surface area contributed by atoms with E-state index in [-0.39, 0.29) is 0 Å². The molecule has 3 rings (SSSR count). The number of thiazole rings is 1. The molecule has 1 aromatic carbocycles. The monoisotopic (exact) mass is 284 g/mol. The first kappa shape index (κ1) is 13.0. The molecule has 0 fully saturated rings. The molecule has 2 heterocycles. The molecule has 0 atom stereocenters. The number of nitrogens with one attached hydrogen (secondary N) is 1. The van der Waals surface area contributed by atoms with Gasteiger partial charge in [0.05, 0.1) is 10.6 Å². The fraction of sp³-hybridized carbons (Fsp3) is 0.200. The molecule has 3 aromatic rings. The Hall–Kier alpha value is -1.98. The highest BCUT2D eigenvalue weighted by atomic mass is 32.1. The highest BCUT2D eigenvalue weighted by molar-refractivity contribution is 7.18. The molecule has 0 unspecified atom stereocenters. The Morgan fingerprint density at radius 3 is 2.70 bits per heavy atom. The third-order valence-electron chi connectivity index (χ3n) is 3.09. The van der Waals surface area contributed by atoms with Crippen molar-refractivity contribution in [1.82, 2.24) is 19.9 Å². The van der Waals surface area contributed by atoms with Gasteiger partial charge in [0.15, 0.2) is 10.8 Å². The fourth-order valence-corrected chi connectivity index (χ4v) is 3.25. The lowest BCUT2D eigenvalue weighted by Crippen LogP contribution is -2.06. The number of hydrogen-bond donors (Lipinski definition) is 1. The first-order valence-corrected chi connectivity index (χ1v) is 7.28. The second-order valence-corrected chi connectivity index (χ2v) is 5.55. The molecular formula is C15H16N4S. The molecule has 0 amide bonds. The third-order valence-corrected chi connectivity index (χ3v) is 4.23. The molecule has 0 bridgehead atoms. The number of rotatable bonds is 4.